The van der Waals surface area contributed by atoms with Gasteiger partial charge in [0.05, 0.1) is 27.7 Å². The van der Waals surface area contributed by atoms with Crippen molar-refractivity contribution in [2.24, 2.45) is 10.9 Å². The van der Waals surface area contributed by atoms with Gasteiger partial charge in [-0.15, -0.1) is 0 Å². The first-order valence-electron chi connectivity index (χ1n) is 13.6. The first kappa shape index (κ1) is 40.3. The van der Waals surface area contributed by atoms with Crippen LogP contribution in [0.1, 0.15) is 59.7 Å². The average molecular weight is 767 g/mol. The van der Waals surface area contributed by atoms with Crippen LogP contribution in [0, 0.1) is 5.92 Å². The molecule has 1 aromatic carbocycles. The molecule has 48 heavy (non-hydrogen) atoms. The third-order valence-electron chi connectivity index (χ3n) is 6.63. The summed E-state index contributed by atoms with van der Waals surface area (Å²) in [6.45, 7) is 6.92. The van der Waals surface area contributed by atoms with Gasteiger partial charge in [-0.05, 0) is 49.1 Å². The Kier molecular flexibility index (Phi) is 14.7. The van der Waals surface area contributed by atoms with E-state index < -0.39 is 30.1 Å². The highest BCUT2D eigenvalue weighted by Crippen LogP contribution is 2.34. The van der Waals surface area contributed by atoms with Crippen molar-refractivity contribution in [3.63, 3.8) is 0 Å². The van der Waals surface area contributed by atoms with E-state index in [1.54, 1.807) is 19.2 Å². The van der Waals surface area contributed by atoms with Crippen molar-refractivity contribution in [1.82, 2.24) is 15.3 Å². The third kappa shape index (κ3) is 10.1. The molecule has 0 saturated heterocycles. The second-order valence-electron chi connectivity index (χ2n) is 10.1. The zero-order valence-electron chi connectivity index (χ0n) is 25.9. The SMILES string of the molecule is CCc1cnc(C2=NC(C)(C(C)C)C(=O)N2)c(C(=O)O)c1.COc1c(Cl)ccc(Cl)c1C(=O)O.O=C(O)COc1nc(Cl)c(Cl)cc1Cl. The van der Waals surface area contributed by atoms with Crippen molar-refractivity contribution in [1.29, 1.82) is 0 Å². The standard InChI is InChI=1S/C15H19N3O3.C8H6Cl2O3.C7H4Cl3NO3/c1-5-9-6-10(13(19)20)11(16-7-9)12-17-14(21)15(4,18-12)8(2)3;1-13-7-5(10)3-2-4(9)6(7)8(11)12;8-3-1-4(9)7(11-6(3)10)14-2-5(12)13/h6-8H,5H2,1-4H3,(H,19,20)(H,17,18,21);2-3H,1H3,(H,11,12);1H,2H2,(H,12,13). The van der Waals surface area contributed by atoms with Gasteiger partial charge in [0.25, 0.3) is 5.91 Å². The Hall–Kier alpha value is -3.88. The number of ether oxygens (including phenoxy) is 2. The number of aliphatic imine (C=N–C) groups is 1. The molecule has 13 nitrogen and oxygen atoms in total. The molecule has 0 saturated carbocycles. The summed E-state index contributed by atoms with van der Waals surface area (Å²) in [5.41, 5.74) is 0.0825. The number of amidine groups is 1. The lowest BCUT2D eigenvalue weighted by molar-refractivity contribution is -0.139. The maximum atomic E-state index is 12.1. The number of halogens is 5. The van der Waals surface area contributed by atoms with Crippen LogP contribution >= 0.6 is 58.0 Å². The summed E-state index contributed by atoms with van der Waals surface area (Å²) < 4.78 is 9.57. The largest absolute Gasteiger partial charge is 0.494 e. The molecule has 0 fully saturated rings. The number of carboxylic acids is 3. The van der Waals surface area contributed by atoms with Crippen molar-refractivity contribution in [3.05, 3.63) is 78.1 Å². The number of rotatable bonds is 9. The summed E-state index contributed by atoms with van der Waals surface area (Å²) >= 11 is 28.2. The van der Waals surface area contributed by atoms with Gasteiger partial charge >= 0.3 is 17.9 Å². The summed E-state index contributed by atoms with van der Waals surface area (Å²) in [7, 11) is 1.34. The fourth-order valence-electron chi connectivity index (χ4n) is 3.69. The van der Waals surface area contributed by atoms with Crippen molar-refractivity contribution >= 4 is 87.7 Å². The number of aromatic nitrogens is 2. The lowest BCUT2D eigenvalue weighted by Gasteiger charge is -2.21. The summed E-state index contributed by atoms with van der Waals surface area (Å²) in [6.07, 6.45) is 2.30. The minimum Gasteiger partial charge on any atom is -0.494 e. The second-order valence-corrected chi connectivity index (χ2v) is 12.1. The molecule has 0 radical (unpaired) electrons. The Bertz CT molecular complexity index is 1750. The molecule has 3 aromatic rings. The molecule has 0 aliphatic carbocycles. The number of aromatic carboxylic acids is 2. The normalized spacial score (nSPS) is 14.9. The number of amides is 1. The van der Waals surface area contributed by atoms with Gasteiger partial charge in [0, 0.05) is 6.20 Å². The first-order valence-corrected chi connectivity index (χ1v) is 15.5. The number of hydrogen-bond donors (Lipinski definition) is 4. The van der Waals surface area contributed by atoms with Crippen LogP contribution in [0.5, 0.6) is 11.6 Å². The van der Waals surface area contributed by atoms with Crippen molar-refractivity contribution < 1.29 is 44.0 Å². The average Bonchev–Trinajstić information content (AvgIpc) is 3.34. The van der Waals surface area contributed by atoms with E-state index in [-0.39, 0.29) is 71.4 Å². The predicted octanol–water partition coefficient (Wildman–Crippen LogP) is 6.84. The van der Waals surface area contributed by atoms with Crippen molar-refractivity contribution in [3.8, 4) is 11.6 Å². The van der Waals surface area contributed by atoms with Crippen LogP contribution in [0.2, 0.25) is 25.2 Å². The molecule has 4 rings (SSSR count). The number of nitrogens with zero attached hydrogens (tertiary/aromatic N) is 3. The summed E-state index contributed by atoms with van der Waals surface area (Å²) in [5, 5.41) is 29.8. The highest BCUT2D eigenvalue weighted by molar-refractivity contribution is 6.42. The van der Waals surface area contributed by atoms with Gasteiger partial charge in [0.1, 0.15) is 21.8 Å². The minimum absolute atomic E-state index is 0.00167. The van der Waals surface area contributed by atoms with Gasteiger partial charge in [-0.2, -0.15) is 4.98 Å². The number of methoxy groups -OCH3 is 1. The smallest absolute Gasteiger partial charge is 0.341 e. The fraction of sp³-hybridized carbons (Fsp3) is 0.300. The van der Waals surface area contributed by atoms with Crippen molar-refractivity contribution in [2.75, 3.05) is 13.7 Å². The third-order valence-corrected chi connectivity index (χ3v) is 8.19. The number of carboxylic acid groups (broad SMARTS) is 3. The van der Waals surface area contributed by atoms with Crippen molar-refractivity contribution in [2.45, 2.75) is 39.7 Å². The molecule has 258 valence electrons. The number of hydrogen-bond acceptors (Lipinski definition) is 9. The fourth-order valence-corrected chi connectivity index (χ4v) is 4.70. The molecule has 0 bridgehead atoms. The zero-order valence-corrected chi connectivity index (χ0v) is 29.7. The monoisotopic (exact) mass is 764 g/mol. The maximum Gasteiger partial charge on any atom is 0.341 e. The Labute approximate surface area is 299 Å². The topological polar surface area (TPSA) is 198 Å². The minimum atomic E-state index is -1.16. The van der Waals surface area contributed by atoms with E-state index in [9.17, 15) is 24.3 Å². The molecule has 1 aliphatic rings. The number of benzene rings is 1. The number of carbonyl (C=O) groups is 4. The van der Waals surface area contributed by atoms with E-state index in [4.69, 9.17) is 77.7 Å². The van der Waals surface area contributed by atoms with E-state index in [1.165, 1.54) is 25.3 Å². The lowest BCUT2D eigenvalue weighted by Crippen LogP contribution is -2.41. The zero-order chi connectivity index (χ0) is 36.5. The second kappa shape index (κ2) is 17.5. The molecule has 0 spiro atoms. The van der Waals surface area contributed by atoms with Crippen LogP contribution in [0.4, 0.5) is 0 Å². The summed E-state index contributed by atoms with van der Waals surface area (Å²) in [5.74, 6) is -3.34. The van der Waals surface area contributed by atoms with Gasteiger partial charge in [0.2, 0.25) is 5.88 Å². The van der Waals surface area contributed by atoms with Gasteiger partial charge in [-0.3, -0.25) is 9.78 Å². The van der Waals surface area contributed by atoms with Gasteiger partial charge < -0.3 is 30.1 Å². The highest BCUT2D eigenvalue weighted by atomic mass is 35.5. The number of pyridine rings is 2. The molecular formula is C30H29Cl5N4O9. The first-order chi connectivity index (χ1) is 22.4. The van der Waals surface area contributed by atoms with Crippen LogP contribution in [-0.4, -0.2) is 74.2 Å². The molecule has 1 aliphatic heterocycles. The summed E-state index contributed by atoms with van der Waals surface area (Å²) in [4.78, 5) is 56.7. The Balaban J connectivity index is 0.000000261. The van der Waals surface area contributed by atoms with Crippen LogP contribution in [0.3, 0.4) is 0 Å². The number of aliphatic carboxylic acids is 1. The molecule has 2 aromatic heterocycles. The quantitative estimate of drug-likeness (QED) is 0.166. The number of nitrogens with one attached hydrogen (secondary N) is 1. The Morgan fingerprint density at radius 3 is 2.06 bits per heavy atom. The van der Waals surface area contributed by atoms with Gasteiger partial charge in [-0.25, -0.2) is 19.4 Å². The lowest BCUT2D eigenvalue weighted by atomic mass is 9.89. The van der Waals surface area contributed by atoms with Gasteiger partial charge in [0.15, 0.2) is 23.3 Å². The maximum absolute atomic E-state index is 12.1. The van der Waals surface area contributed by atoms with Crippen LogP contribution in [-0.2, 0) is 16.0 Å². The van der Waals surface area contributed by atoms with Gasteiger partial charge in [-0.1, -0.05) is 78.8 Å². The Morgan fingerprint density at radius 1 is 0.958 bits per heavy atom. The molecule has 1 unspecified atom stereocenters. The molecule has 1 atom stereocenters. The van der Waals surface area contributed by atoms with E-state index in [2.05, 4.69) is 20.3 Å². The van der Waals surface area contributed by atoms with Crippen LogP contribution in [0.25, 0.3) is 0 Å². The molecule has 18 heteroatoms. The summed E-state index contributed by atoms with van der Waals surface area (Å²) in [6, 6.07) is 5.80. The molecular weight excluding hydrogens is 738 g/mol. The van der Waals surface area contributed by atoms with Crippen LogP contribution in [0.15, 0.2) is 35.5 Å². The number of carbonyl (C=O) groups excluding carboxylic acids is 1. The molecule has 3 heterocycles. The molecule has 1 amide bonds. The van der Waals surface area contributed by atoms with Crippen LogP contribution < -0.4 is 14.8 Å². The molecule has 4 N–H and O–H groups in total. The van der Waals surface area contributed by atoms with E-state index >= 15 is 0 Å². The number of aryl methyl sites for hydroxylation is 1. The Morgan fingerprint density at radius 2 is 1.58 bits per heavy atom. The van der Waals surface area contributed by atoms with E-state index in [1.807, 2.05) is 20.8 Å². The van der Waals surface area contributed by atoms with E-state index in [0.717, 1.165) is 5.56 Å². The van der Waals surface area contributed by atoms with E-state index in [0.29, 0.717) is 6.42 Å². The highest BCUT2D eigenvalue weighted by Gasteiger charge is 2.43. The predicted molar refractivity (Wildman–Crippen MR) is 181 cm³/mol.